The predicted molar refractivity (Wildman–Crippen MR) is 128 cm³/mol. The standard InChI is InChI=1S/C14H15N5.C10H19NO2/c1-16-13-6-7-14-17-9-12(19(14)18-13)11-4-2-10(8-15)3-5-11;1-10(2,3)13-9(12)11-7-5-4-6-8-11/h2-7,9H,8,15H2,1H3,(H,16,18);4-8H2,1-3H3. The van der Waals surface area contributed by atoms with E-state index in [2.05, 4.69) is 15.4 Å². The van der Waals surface area contributed by atoms with Gasteiger partial charge in [0.15, 0.2) is 5.65 Å². The summed E-state index contributed by atoms with van der Waals surface area (Å²) in [6.45, 7) is 7.96. The van der Waals surface area contributed by atoms with Crippen molar-refractivity contribution in [2.45, 2.75) is 52.2 Å². The SMILES string of the molecule is CC(C)(C)OC(=O)N1CCCCC1.CNc1ccc2ncc(-c3ccc(CN)cc3)n2n1. The zero-order chi connectivity index (χ0) is 23.1. The van der Waals surface area contributed by atoms with E-state index in [-0.39, 0.29) is 11.7 Å². The second kappa shape index (κ2) is 10.5. The molecule has 0 aliphatic carbocycles. The Kier molecular flexibility index (Phi) is 7.69. The van der Waals surface area contributed by atoms with Crippen LogP contribution in [-0.4, -0.2) is 51.3 Å². The van der Waals surface area contributed by atoms with Crippen LogP contribution in [0.2, 0.25) is 0 Å². The highest BCUT2D eigenvalue weighted by molar-refractivity contribution is 5.68. The van der Waals surface area contributed by atoms with Crippen molar-refractivity contribution in [1.82, 2.24) is 19.5 Å². The first-order valence-electron chi connectivity index (χ1n) is 11.1. The quantitative estimate of drug-likeness (QED) is 0.633. The number of aromatic nitrogens is 3. The molecule has 3 N–H and O–H groups in total. The van der Waals surface area contributed by atoms with Gasteiger partial charge in [0.1, 0.15) is 11.4 Å². The molecule has 1 fully saturated rings. The fourth-order valence-corrected chi connectivity index (χ4v) is 3.42. The van der Waals surface area contributed by atoms with Crippen molar-refractivity contribution in [3.8, 4) is 11.3 Å². The highest BCUT2D eigenvalue weighted by Crippen LogP contribution is 2.21. The third-order valence-electron chi connectivity index (χ3n) is 5.11. The number of hydrogen-bond donors (Lipinski definition) is 2. The number of nitrogens with one attached hydrogen (secondary N) is 1. The van der Waals surface area contributed by atoms with Gasteiger partial charge in [0.2, 0.25) is 0 Å². The minimum absolute atomic E-state index is 0.160. The van der Waals surface area contributed by atoms with Crippen LogP contribution in [0.25, 0.3) is 16.9 Å². The van der Waals surface area contributed by atoms with E-state index in [0.717, 1.165) is 54.2 Å². The number of carbonyl (C=O) groups is 1. The number of fused-ring (bicyclic) bond motifs is 1. The summed E-state index contributed by atoms with van der Waals surface area (Å²) in [7, 11) is 1.85. The van der Waals surface area contributed by atoms with Gasteiger partial charge in [0, 0.05) is 32.2 Å². The van der Waals surface area contributed by atoms with Crippen LogP contribution in [0.1, 0.15) is 45.6 Å². The molecular weight excluding hydrogens is 404 g/mol. The largest absolute Gasteiger partial charge is 0.444 e. The highest BCUT2D eigenvalue weighted by Gasteiger charge is 2.22. The number of piperidine rings is 1. The number of nitrogens with zero attached hydrogens (tertiary/aromatic N) is 4. The summed E-state index contributed by atoms with van der Waals surface area (Å²) in [6, 6.07) is 12.0. The lowest BCUT2D eigenvalue weighted by Crippen LogP contribution is -2.39. The average Bonchev–Trinajstić information content (AvgIpc) is 3.22. The molecule has 0 atom stereocenters. The first-order chi connectivity index (χ1) is 15.3. The Labute approximate surface area is 189 Å². The summed E-state index contributed by atoms with van der Waals surface area (Å²) in [4.78, 5) is 17.7. The van der Waals surface area contributed by atoms with Crippen molar-refractivity contribution < 1.29 is 9.53 Å². The number of imidazole rings is 1. The molecule has 1 aliphatic heterocycles. The number of ether oxygens (including phenoxy) is 1. The Morgan fingerprint density at radius 3 is 2.38 bits per heavy atom. The fourth-order valence-electron chi connectivity index (χ4n) is 3.42. The van der Waals surface area contributed by atoms with Gasteiger partial charge in [-0.2, -0.15) is 0 Å². The third kappa shape index (κ3) is 6.20. The van der Waals surface area contributed by atoms with Crippen molar-refractivity contribution in [3.05, 3.63) is 48.2 Å². The van der Waals surface area contributed by atoms with Crippen LogP contribution >= 0.6 is 0 Å². The molecule has 0 radical (unpaired) electrons. The summed E-state index contributed by atoms with van der Waals surface area (Å²) in [6.07, 6.45) is 5.13. The van der Waals surface area contributed by atoms with E-state index in [4.69, 9.17) is 10.5 Å². The first kappa shape index (κ1) is 23.5. The zero-order valence-corrected chi connectivity index (χ0v) is 19.5. The summed E-state index contributed by atoms with van der Waals surface area (Å²) in [5.41, 5.74) is 9.23. The molecule has 172 valence electrons. The number of nitrogens with two attached hydrogens (primary N) is 1. The number of likely N-dealkylation sites (tertiary alicyclic amines) is 1. The van der Waals surface area contributed by atoms with E-state index in [1.807, 2.05) is 74.9 Å². The molecule has 0 saturated carbocycles. The Morgan fingerprint density at radius 1 is 1.09 bits per heavy atom. The third-order valence-corrected chi connectivity index (χ3v) is 5.11. The maximum atomic E-state index is 11.5. The fraction of sp³-hybridized carbons (Fsp3) is 0.458. The first-order valence-corrected chi connectivity index (χ1v) is 11.1. The van der Waals surface area contributed by atoms with Crippen molar-refractivity contribution in [1.29, 1.82) is 0 Å². The van der Waals surface area contributed by atoms with Gasteiger partial charge in [0.05, 0.1) is 11.9 Å². The molecule has 1 aliphatic rings. The van der Waals surface area contributed by atoms with Crippen molar-refractivity contribution in [2.24, 2.45) is 5.73 Å². The molecule has 8 heteroatoms. The van der Waals surface area contributed by atoms with Crippen LogP contribution in [-0.2, 0) is 11.3 Å². The smallest absolute Gasteiger partial charge is 0.410 e. The van der Waals surface area contributed by atoms with Crippen molar-refractivity contribution in [2.75, 3.05) is 25.5 Å². The normalized spacial score (nSPS) is 14.0. The van der Waals surface area contributed by atoms with E-state index in [1.54, 1.807) is 4.90 Å². The van der Waals surface area contributed by atoms with Crippen LogP contribution in [0.3, 0.4) is 0 Å². The van der Waals surface area contributed by atoms with Crippen LogP contribution in [0.4, 0.5) is 10.6 Å². The molecule has 0 spiro atoms. The van der Waals surface area contributed by atoms with Crippen LogP contribution in [0.5, 0.6) is 0 Å². The number of amides is 1. The van der Waals surface area contributed by atoms with Gasteiger partial charge in [-0.3, -0.25) is 0 Å². The van der Waals surface area contributed by atoms with Gasteiger partial charge in [-0.1, -0.05) is 24.3 Å². The van der Waals surface area contributed by atoms with E-state index in [0.29, 0.717) is 6.54 Å². The maximum Gasteiger partial charge on any atom is 0.410 e. The zero-order valence-electron chi connectivity index (χ0n) is 19.5. The van der Waals surface area contributed by atoms with E-state index in [9.17, 15) is 4.79 Å². The van der Waals surface area contributed by atoms with Crippen LogP contribution in [0.15, 0.2) is 42.6 Å². The van der Waals surface area contributed by atoms with Gasteiger partial charge in [-0.15, -0.1) is 5.10 Å². The van der Waals surface area contributed by atoms with Crippen molar-refractivity contribution >= 4 is 17.6 Å². The molecule has 0 unspecified atom stereocenters. The van der Waals surface area contributed by atoms with E-state index in [1.165, 1.54) is 6.42 Å². The molecule has 1 amide bonds. The summed E-state index contributed by atoms with van der Waals surface area (Å²) < 4.78 is 7.10. The highest BCUT2D eigenvalue weighted by atomic mass is 16.6. The molecule has 1 aromatic carbocycles. The molecule has 3 aromatic rings. The average molecular weight is 439 g/mol. The monoisotopic (exact) mass is 438 g/mol. The maximum absolute atomic E-state index is 11.5. The molecule has 2 aromatic heterocycles. The van der Waals surface area contributed by atoms with Gasteiger partial charge in [-0.25, -0.2) is 14.3 Å². The molecule has 3 heterocycles. The Bertz CT molecular complexity index is 1020. The minimum atomic E-state index is -0.367. The molecule has 4 rings (SSSR count). The predicted octanol–water partition coefficient (Wildman–Crippen LogP) is 4.30. The van der Waals surface area contributed by atoms with Crippen molar-refractivity contribution in [3.63, 3.8) is 0 Å². The lowest BCUT2D eigenvalue weighted by Gasteiger charge is -2.29. The van der Waals surface area contributed by atoms with Crippen LogP contribution in [0, 0.1) is 0 Å². The second-order valence-electron chi connectivity index (χ2n) is 8.81. The lowest BCUT2D eigenvalue weighted by molar-refractivity contribution is 0.0216. The second-order valence-corrected chi connectivity index (χ2v) is 8.81. The van der Waals surface area contributed by atoms with Gasteiger partial charge >= 0.3 is 6.09 Å². The Morgan fingerprint density at radius 2 is 1.78 bits per heavy atom. The lowest BCUT2D eigenvalue weighted by atomic mass is 10.1. The number of hydrogen-bond acceptors (Lipinski definition) is 6. The number of rotatable bonds is 3. The molecule has 0 bridgehead atoms. The summed E-state index contributed by atoms with van der Waals surface area (Å²) in [5, 5.41) is 7.52. The number of anilines is 1. The molecule has 32 heavy (non-hydrogen) atoms. The van der Waals surface area contributed by atoms with Gasteiger partial charge in [0.25, 0.3) is 0 Å². The summed E-state index contributed by atoms with van der Waals surface area (Å²) in [5.74, 6) is 0.810. The van der Waals surface area contributed by atoms with Crippen LogP contribution < -0.4 is 11.1 Å². The number of benzene rings is 1. The minimum Gasteiger partial charge on any atom is -0.444 e. The number of carbonyl (C=O) groups excluding carboxylic acids is 1. The Balaban J connectivity index is 0.000000195. The van der Waals surface area contributed by atoms with E-state index < -0.39 is 0 Å². The topological polar surface area (TPSA) is 97.8 Å². The molecular formula is C24H34N6O2. The van der Waals surface area contributed by atoms with Gasteiger partial charge < -0.3 is 20.7 Å². The van der Waals surface area contributed by atoms with E-state index >= 15 is 0 Å². The molecule has 8 nitrogen and oxygen atoms in total. The van der Waals surface area contributed by atoms with Gasteiger partial charge in [-0.05, 0) is 57.7 Å². The summed E-state index contributed by atoms with van der Waals surface area (Å²) >= 11 is 0. The molecule has 1 saturated heterocycles. The Hall–Kier alpha value is -3.13.